The van der Waals surface area contributed by atoms with Gasteiger partial charge in [-0.2, -0.15) is 4.99 Å². The smallest absolute Gasteiger partial charge is 0.275 e. The molecule has 0 atom stereocenters. The first-order chi connectivity index (χ1) is 11.0. The summed E-state index contributed by atoms with van der Waals surface area (Å²) in [5, 5.41) is 9.06. The van der Waals surface area contributed by atoms with Gasteiger partial charge in [-0.3, -0.25) is 4.79 Å². The third kappa shape index (κ3) is 4.52. The van der Waals surface area contributed by atoms with Crippen LogP contribution in [-0.2, 0) is 11.4 Å². The Hall–Kier alpha value is -2.92. The molecule has 0 radical (unpaired) electrons. The molecule has 0 aliphatic rings. The number of benzene rings is 2. The average molecular weight is 309 g/mol. The number of aliphatic hydroxyl groups is 1. The van der Waals surface area contributed by atoms with Gasteiger partial charge in [0.2, 0.25) is 0 Å². The van der Waals surface area contributed by atoms with E-state index >= 15 is 0 Å². The predicted molar refractivity (Wildman–Crippen MR) is 92.3 cm³/mol. The van der Waals surface area contributed by atoms with Crippen LogP contribution in [0, 0.1) is 0 Å². The maximum absolute atomic E-state index is 11.7. The molecular weight excluding hydrogens is 290 g/mol. The summed E-state index contributed by atoms with van der Waals surface area (Å²) >= 11 is 0. The molecule has 5 heteroatoms. The van der Waals surface area contributed by atoms with Gasteiger partial charge >= 0.3 is 0 Å². The Balaban J connectivity index is 2.18. The Morgan fingerprint density at radius 2 is 1.57 bits per heavy atom. The molecule has 0 unspecified atom stereocenters. The molecule has 118 valence electrons. The molecule has 2 rings (SSSR count). The van der Waals surface area contributed by atoms with E-state index in [-0.39, 0.29) is 12.6 Å². The van der Waals surface area contributed by atoms with Crippen molar-refractivity contribution in [3.05, 3.63) is 65.2 Å². The van der Waals surface area contributed by atoms with Gasteiger partial charge in [0.05, 0.1) is 6.61 Å². The standard InChI is InChI=1S/C18H19N3O2/c1-12(17(23)21-18(19)20)10-13-2-6-15(7-3-13)16-8-4-14(11-22)5-9-16/h2-10,22H,11H2,1H3,(H4,19,20,21,23). The number of hydrogen-bond donors (Lipinski definition) is 3. The number of rotatable bonds is 4. The number of aliphatic imine (C=N–C) groups is 1. The van der Waals surface area contributed by atoms with Crippen molar-refractivity contribution in [1.82, 2.24) is 0 Å². The Bertz CT molecular complexity index is 741. The van der Waals surface area contributed by atoms with Gasteiger partial charge in [0, 0.05) is 5.57 Å². The second-order valence-electron chi connectivity index (χ2n) is 5.15. The minimum atomic E-state index is -0.450. The van der Waals surface area contributed by atoms with Gasteiger partial charge in [-0.05, 0) is 35.3 Å². The third-order valence-corrected chi connectivity index (χ3v) is 3.33. The monoisotopic (exact) mass is 309 g/mol. The van der Waals surface area contributed by atoms with E-state index in [2.05, 4.69) is 4.99 Å². The Morgan fingerprint density at radius 1 is 1.04 bits per heavy atom. The summed E-state index contributed by atoms with van der Waals surface area (Å²) in [4.78, 5) is 15.2. The molecule has 0 fully saturated rings. The van der Waals surface area contributed by atoms with E-state index in [9.17, 15) is 4.79 Å². The molecule has 5 N–H and O–H groups in total. The van der Waals surface area contributed by atoms with Crippen molar-refractivity contribution < 1.29 is 9.90 Å². The molecule has 0 saturated heterocycles. The summed E-state index contributed by atoms with van der Waals surface area (Å²) in [6.07, 6.45) is 1.73. The molecular formula is C18H19N3O2. The SMILES string of the molecule is CC(=Cc1ccc(-c2ccc(CO)cc2)cc1)C(=O)N=C(N)N. The molecule has 2 aromatic carbocycles. The van der Waals surface area contributed by atoms with E-state index in [1.807, 2.05) is 48.5 Å². The number of nitrogens with two attached hydrogens (primary N) is 2. The van der Waals surface area contributed by atoms with Gasteiger partial charge in [0.25, 0.3) is 5.91 Å². The molecule has 2 aromatic rings. The molecule has 5 nitrogen and oxygen atoms in total. The van der Waals surface area contributed by atoms with Gasteiger partial charge in [-0.15, -0.1) is 0 Å². The van der Waals surface area contributed by atoms with Gasteiger partial charge < -0.3 is 16.6 Å². The highest BCUT2D eigenvalue weighted by Crippen LogP contribution is 2.21. The number of nitrogens with zero attached hydrogens (tertiary/aromatic N) is 1. The van der Waals surface area contributed by atoms with Crippen LogP contribution in [0.2, 0.25) is 0 Å². The van der Waals surface area contributed by atoms with Crippen LogP contribution in [0.3, 0.4) is 0 Å². The minimum Gasteiger partial charge on any atom is -0.392 e. The normalized spacial score (nSPS) is 11.1. The Morgan fingerprint density at radius 3 is 2.04 bits per heavy atom. The summed E-state index contributed by atoms with van der Waals surface area (Å²) in [7, 11) is 0. The lowest BCUT2D eigenvalue weighted by Gasteiger charge is -2.04. The molecule has 0 bridgehead atoms. The second kappa shape index (κ2) is 7.38. The maximum Gasteiger partial charge on any atom is 0.275 e. The lowest BCUT2D eigenvalue weighted by atomic mass is 10.0. The number of hydrogen-bond acceptors (Lipinski definition) is 2. The molecule has 0 heterocycles. The number of carbonyl (C=O) groups is 1. The van der Waals surface area contributed by atoms with E-state index in [1.165, 1.54) is 0 Å². The summed E-state index contributed by atoms with van der Waals surface area (Å²) in [6, 6.07) is 15.5. The van der Waals surface area contributed by atoms with Crippen molar-refractivity contribution in [2.24, 2.45) is 16.5 Å². The lowest BCUT2D eigenvalue weighted by Crippen LogP contribution is -2.24. The lowest BCUT2D eigenvalue weighted by molar-refractivity contribution is -0.114. The fourth-order valence-corrected chi connectivity index (χ4v) is 2.09. The highest BCUT2D eigenvalue weighted by molar-refractivity contribution is 6.03. The van der Waals surface area contributed by atoms with Gasteiger partial charge in [0.15, 0.2) is 5.96 Å². The molecule has 23 heavy (non-hydrogen) atoms. The van der Waals surface area contributed by atoms with E-state index in [4.69, 9.17) is 16.6 Å². The van der Waals surface area contributed by atoms with Crippen LogP contribution in [0.15, 0.2) is 59.1 Å². The zero-order valence-electron chi connectivity index (χ0n) is 12.9. The first kappa shape index (κ1) is 16.5. The molecule has 0 spiro atoms. The number of guanidine groups is 1. The van der Waals surface area contributed by atoms with Crippen LogP contribution in [0.1, 0.15) is 18.1 Å². The topological polar surface area (TPSA) is 102 Å². The quantitative estimate of drug-likeness (QED) is 0.457. The summed E-state index contributed by atoms with van der Waals surface area (Å²) in [6.45, 7) is 1.70. The van der Waals surface area contributed by atoms with Gasteiger partial charge in [-0.1, -0.05) is 48.5 Å². The highest BCUT2D eigenvalue weighted by Gasteiger charge is 2.03. The fraction of sp³-hybridized carbons (Fsp3) is 0.111. The summed E-state index contributed by atoms with van der Waals surface area (Å²) in [5.41, 5.74) is 14.7. The Labute approximate surface area is 135 Å². The van der Waals surface area contributed by atoms with Crippen molar-refractivity contribution in [3.63, 3.8) is 0 Å². The highest BCUT2D eigenvalue weighted by atomic mass is 16.3. The van der Waals surface area contributed by atoms with Crippen molar-refractivity contribution in [1.29, 1.82) is 0 Å². The molecule has 1 amide bonds. The first-order valence-corrected chi connectivity index (χ1v) is 7.12. The molecule has 0 aliphatic heterocycles. The van der Waals surface area contributed by atoms with E-state index in [0.717, 1.165) is 22.3 Å². The zero-order chi connectivity index (χ0) is 16.8. The minimum absolute atomic E-state index is 0.0348. The number of amides is 1. The second-order valence-corrected chi connectivity index (χ2v) is 5.15. The van der Waals surface area contributed by atoms with Crippen molar-refractivity contribution >= 4 is 17.9 Å². The first-order valence-electron chi connectivity index (χ1n) is 7.12. The number of aliphatic hydroxyl groups excluding tert-OH is 1. The molecule has 0 aromatic heterocycles. The van der Waals surface area contributed by atoms with E-state index < -0.39 is 5.91 Å². The van der Waals surface area contributed by atoms with Gasteiger partial charge in [0.1, 0.15) is 0 Å². The largest absolute Gasteiger partial charge is 0.392 e. The average Bonchev–Trinajstić information content (AvgIpc) is 2.55. The zero-order valence-corrected chi connectivity index (χ0v) is 12.9. The van der Waals surface area contributed by atoms with Gasteiger partial charge in [-0.25, -0.2) is 0 Å². The van der Waals surface area contributed by atoms with Crippen molar-refractivity contribution in [2.75, 3.05) is 0 Å². The van der Waals surface area contributed by atoms with E-state index in [1.54, 1.807) is 13.0 Å². The number of carbonyl (C=O) groups excluding carboxylic acids is 1. The molecule has 0 aliphatic carbocycles. The maximum atomic E-state index is 11.7. The summed E-state index contributed by atoms with van der Waals surface area (Å²) in [5.74, 6) is -0.696. The Kier molecular flexibility index (Phi) is 5.28. The van der Waals surface area contributed by atoms with Crippen LogP contribution in [0.5, 0.6) is 0 Å². The van der Waals surface area contributed by atoms with Crippen molar-refractivity contribution in [3.8, 4) is 11.1 Å². The van der Waals surface area contributed by atoms with Crippen LogP contribution < -0.4 is 11.5 Å². The third-order valence-electron chi connectivity index (χ3n) is 3.33. The van der Waals surface area contributed by atoms with E-state index in [0.29, 0.717) is 5.57 Å². The van der Waals surface area contributed by atoms with Crippen LogP contribution in [0.25, 0.3) is 17.2 Å². The van der Waals surface area contributed by atoms with Crippen LogP contribution in [-0.4, -0.2) is 17.0 Å². The van der Waals surface area contributed by atoms with Crippen LogP contribution >= 0.6 is 0 Å². The fourth-order valence-electron chi connectivity index (χ4n) is 2.09. The van der Waals surface area contributed by atoms with Crippen molar-refractivity contribution in [2.45, 2.75) is 13.5 Å². The van der Waals surface area contributed by atoms with Crippen LogP contribution in [0.4, 0.5) is 0 Å². The predicted octanol–water partition coefficient (Wildman–Crippen LogP) is 2.05. The molecule has 0 saturated carbocycles. The summed E-state index contributed by atoms with van der Waals surface area (Å²) < 4.78 is 0.